The predicted molar refractivity (Wildman–Crippen MR) is 97.0 cm³/mol. The van der Waals surface area contributed by atoms with Crippen molar-refractivity contribution in [3.63, 3.8) is 0 Å². The highest BCUT2D eigenvalue weighted by Crippen LogP contribution is 2.36. The van der Waals surface area contributed by atoms with Gasteiger partial charge in [-0.05, 0) is 51.3 Å². The highest BCUT2D eigenvalue weighted by Gasteiger charge is 2.31. The van der Waals surface area contributed by atoms with Crippen molar-refractivity contribution in [3.8, 4) is 0 Å². The fourth-order valence-corrected chi connectivity index (χ4v) is 4.96. The minimum absolute atomic E-state index is 0.0446. The summed E-state index contributed by atoms with van der Waals surface area (Å²) in [4.78, 5) is 14.8. The number of thioether (sulfide) groups is 1. The third-order valence-corrected chi connectivity index (χ3v) is 6.07. The molecular formula is C17H22N2OS2. The standard InChI is InChI=1S/C17H22N2OS2/c1-4-18-16(20)15(22-17(18)21)10-13-9-11(2)19(12(13)3)14-7-5-6-8-14/h9-10,14H,4-8H2,1-3H3/b15-10-. The van der Waals surface area contributed by atoms with Gasteiger partial charge in [-0.25, -0.2) is 0 Å². The van der Waals surface area contributed by atoms with E-state index in [0.717, 1.165) is 10.5 Å². The third-order valence-electron chi connectivity index (χ3n) is 4.69. The molecule has 118 valence electrons. The van der Waals surface area contributed by atoms with Crippen LogP contribution in [0, 0.1) is 13.8 Å². The molecule has 0 bridgehead atoms. The zero-order chi connectivity index (χ0) is 15.9. The maximum absolute atomic E-state index is 12.4. The molecule has 1 aliphatic carbocycles. The van der Waals surface area contributed by atoms with Gasteiger partial charge in [0.15, 0.2) is 0 Å². The van der Waals surface area contributed by atoms with Gasteiger partial charge in [0.25, 0.3) is 5.91 Å². The average Bonchev–Trinajstić information content (AvgIpc) is 3.13. The van der Waals surface area contributed by atoms with Crippen LogP contribution in [0.1, 0.15) is 55.6 Å². The first kappa shape index (κ1) is 15.8. The molecule has 1 aromatic rings. The summed E-state index contributed by atoms with van der Waals surface area (Å²) in [5.74, 6) is 0.0446. The summed E-state index contributed by atoms with van der Waals surface area (Å²) in [5.41, 5.74) is 3.72. The van der Waals surface area contributed by atoms with E-state index < -0.39 is 0 Å². The van der Waals surface area contributed by atoms with Gasteiger partial charge in [-0.2, -0.15) is 0 Å². The molecule has 1 aliphatic heterocycles. The molecule has 2 fully saturated rings. The van der Waals surface area contributed by atoms with Crippen LogP contribution in [0.5, 0.6) is 0 Å². The minimum Gasteiger partial charge on any atom is -0.346 e. The number of carbonyl (C=O) groups excluding carboxylic acids is 1. The quantitative estimate of drug-likeness (QED) is 0.603. The van der Waals surface area contributed by atoms with E-state index >= 15 is 0 Å². The Bertz CT molecular complexity index is 654. The van der Waals surface area contributed by atoms with Crippen molar-refractivity contribution in [2.45, 2.75) is 52.5 Å². The summed E-state index contributed by atoms with van der Waals surface area (Å²) in [6.07, 6.45) is 7.21. The van der Waals surface area contributed by atoms with Crippen LogP contribution >= 0.6 is 24.0 Å². The summed E-state index contributed by atoms with van der Waals surface area (Å²) < 4.78 is 3.13. The van der Waals surface area contributed by atoms with Crippen LogP contribution in [-0.2, 0) is 4.79 Å². The first-order valence-electron chi connectivity index (χ1n) is 7.96. The maximum atomic E-state index is 12.4. The third kappa shape index (κ3) is 2.65. The number of aromatic nitrogens is 1. The molecule has 1 amide bonds. The van der Waals surface area contributed by atoms with E-state index in [1.807, 2.05) is 13.0 Å². The lowest BCUT2D eigenvalue weighted by Gasteiger charge is -2.17. The summed E-state index contributed by atoms with van der Waals surface area (Å²) >= 11 is 6.70. The van der Waals surface area contributed by atoms with Crippen LogP contribution in [0.2, 0.25) is 0 Å². The van der Waals surface area contributed by atoms with Crippen LogP contribution in [0.4, 0.5) is 0 Å². The highest BCUT2D eigenvalue weighted by atomic mass is 32.2. The SMILES string of the molecule is CCN1C(=O)/C(=C/c2cc(C)n(C3CCCC3)c2C)SC1=S. The lowest BCUT2D eigenvalue weighted by molar-refractivity contribution is -0.121. The van der Waals surface area contributed by atoms with Crippen molar-refractivity contribution in [2.24, 2.45) is 0 Å². The van der Waals surface area contributed by atoms with Crippen molar-refractivity contribution in [2.75, 3.05) is 6.54 Å². The number of carbonyl (C=O) groups is 1. The van der Waals surface area contributed by atoms with E-state index in [2.05, 4.69) is 24.5 Å². The molecule has 1 aromatic heterocycles. The first-order chi connectivity index (χ1) is 10.5. The van der Waals surface area contributed by atoms with Gasteiger partial charge in [-0.1, -0.05) is 36.8 Å². The van der Waals surface area contributed by atoms with Gasteiger partial charge in [-0.15, -0.1) is 0 Å². The summed E-state index contributed by atoms with van der Waals surface area (Å²) in [6.45, 7) is 6.93. The van der Waals surface area contributed by atoms with Crippen LogP contribution in [-0.4, -0.2) is 26.2 Å². The van der Waals surface area contributed by atoms with E-state index in [4.69, 9.17) is 12.2 Å². The van der Waals surface area contributed by atoms with Gasteiger partial charge < -0.3 is 4.57 Å². The van der Waals surface area contributed by atoms with Crippen molar-refractivity contribution < 1.29 is 4.79 Å². The fourth-order valence-electron chi connectivity index (χ4n) is 3.59. The van der Waals surface area contributed by atoms with E-state index in [0.29, 0.717) is 16.9 Å². The number of thiocarbonyl (C=S) groups is 1. The Balaban J connectivity index is 1.93. The summed E-state index contributed by atoms with van der Waals surface area (Å²) in [7, 11) is 0. The molecule has 2 heterocycles. The molecule has 2 aliphatic rings. The Kier molecular flexibility index (Phi) is 4.46. The second kappa shape index (κ2) is 6.20. The van der Waals surface area contributed by atoms with E-state index in [-0.39, 0.29) is 5.91 Å². The Hall–Kier alpha value is -1.07. The van der Waals surface area contributed by atoms with Crippen molar-refractivity contribution in [1.82, 2.24) is 9.47 Å². The monoisotopic (exact) mass is 334 g/mol. The number of aryl methyl sites for hydroxylation is 1. The van der Waals surface area contributed by atoms with Gasteiger partial charge >= 0.3 is 0 Å². The molecule has 22 heavy (non-hydrogen) atoms. The van der Waals surface area contributed by atoms with Crippen LogP contribution < -0.4 is 0 Å². The lowest BCUT2D eigenvalue weighted by atomic mass is 10.2. The molecule has 0 aromatic carbocycles. The van der Waals surface area contributed by atoms with Gasteiger partial charge in [0.05, 0.1) is 4.91 Å². The van der Waals surface area contributed by atoms with Gasteiger partial charge in [0.2, 0.25) is 0 Å². The molecule has 0 unspecified atom stereocenters. The summed E-state index contributed by atoms with van der Waals surface area (Å²) in [6, 6.07) is 2.83. The van der Waals surface area contributed by atoms with Crippen LogP contribution in [0.15, 0.2) is 11.0 Å². The molecule has 0 N–H and O–H groups in total. The topological polar surface area (TPSA) is 25.2 Å². The van der Waals surface area contributed by atoms with E-state index in [1.165, 1.54) is 48.8 Å². The number of rotatable bonds is 3. The molecular weight excluding hydrogens is 312 g/mol. The van der Waals surface area contributed by atoms with E-state index in [1.54, 1.807) is 4.90 Å². The number of nitrogens with zero attached hydrogens (tertiary/aromatic N) is 2. The maximum Gasteiger partial charge on any atom is 0.266 e. The van der Waals surface area contributed by atoms with Crippen LogP contribution in [0.25, 0.3) is 6.08 Å². The molecule has 1 saturated carbocycles. The Morgan fingerprint density at radius 3 is 2.64 bits per heavy atom. The normalized spacial score (nSPS) is 21.6. The van der Waals surface area contributed by atoms with Gasteiger partial charge in [0, 0.05) is 24.0 Å². The first-order valence-corrected chi connectivity index (χ1v) is 9.19. The van der Waals surface area contributed by atoms with Crippen LogP contribution in [0.3, 0.4) is 0 Å². The molecule has 0 spiro atoms. The Morgan fingerprint density at radius 2 is 2.05 bits per heavy atom. The van der Waals surface area contributed by atoms with Crippen molar-refractivity contribution in [1.29, 1.82) is 0 Å². The van der Waals surface area contributed by atoms with Crippen molar-refractivity contribution >= 4 is 40.3 Å². The van der Waals surface area contributed by atoms with Gasteiger partial charge in [-0.3, -0.25) is 9.69 Å². The number of likely N-dealkylation sites (N-methyl/N-ethyl adjacent to an activating group) is 1. The molecule has 3 rings (SSSR count). The number of hydrogen-bond donors (Lipinski definition) is 0. The molecule has 3 nitrogen and oxygen atoms in total. The summed E-state index contributed by atoms with van der Waals surface area (Å²) in [5, 5.41) is 0. The minimum atomic E-state index is 0.0446. The molecule has 0 atom stereocenters. The predicted octanol–water partition coefficient (Wildman–Crippen LogP) is 4.44. The number of hydrogen-bond acceptors (Lipinski definition) is 3. The molecule has 1 saturated heterocycles. The lowest BCUT2D eigenvalue weighted by Crippen LogP contribution is -2.27. The fraction of sp³-hybridized carbons (Fsp3) is 0.529. The average molecular weight is 335 g/mol. The Labute approximate surface area is 141 Å². The highest BCUT2D eigenvalue weighted by molar-refractivity contribution is 8.26. The second-order valence-corrected chi connectivity index (χ2v) is 7.74. The number of amides is 1. The molecule has 0 radical (unpaired) electrons. The zero-order valence-electron chi connectivity index (χ0n) is 13.4. The smallest absolute Gasteiger partial charge is 0.266 e. The molecule has 5 heteroatoms. The second-order valence-electron chi connectivity index (χ2n) is 6.06. The van der Waals surface area contributed by atoms with Gasteiger partial charge in [0.1, 0.15) is 4.32 Å². The Morgan fingerprint density at radius 1 is 1.36 bits per heavy atom. The largest absolute Gasteiger partial charge is 0.346 e. The van der Waals surface area contributed by atoms with Crippen molar-refractivity contribution in [3.05, 3.63) is 27.9 Å². The zero-order valence-corrected chi connectivity index (χ0v) is 15.0. The van der Waals surface area contributed by atoms with E-state index in [9.17, 15) is 4.79 Å².